The first-order valence-electron chi connectivity index (χ1n) is 14.3. The molecule has 240 valence electrons. The third-order valence-electron chi connectivity index (χ3n) is 6.73. The van der Waals surface area contributed by atoms with Crippen molar-refractivity contribution in [1.29, 1.82) is 0 Å². The van der Waals surface area contributed by atoms with Gasteiger partial charge in [0.1, 0.15) is 0 Å². The highest BCUT2D eigenvalue weighted by molar-refractivity contribution is 6.01. The van der Waals surface area contributed by atoms with Gasteiger partial charge in [0.15, 0.2) is 0 Å². The summed E-state index contributed by atoms with van der Waals surface area (Å²) in [6, 6.07) is 20.6. The van der Waals surface area contributed by atoms with Gasteiger partial charge in [0, 0.05) is 5.56 Å². The second-order valence-corrected chi connectivity index (χ2v) is 9.78. The van der Waals surface area contributed by atoms with Crippen molar-refractivity contribution >= 4 is 23.2 Å². The molecule has 0 aliphatic carbocycles. The number of rotatable bonds is 15. The largest absolute Gasteiger partial charge is 0.510 e. The lowest BCUT2D eigenvalue weighted by molar-refractivity contribution is -0.492. The van der Waals surface area contributed by atoms with E-state index < -0.39 is 12.1 Å². The van der Waals surface area contributed by atoms with Gasteiger partial charge in [-0.25, -0.2) is 9.59 Å². The molecular formula is C30H31N7O9. The van der Waals surface area contributed by atoms with Crippen LogP contribution in [-0.2, 0) is 27.6 Å². The van der Waals surface area contributed by atoms with Crippen LogP contribution < -0.4 is 4.74 Å². The normalized spacial score (nSPS) is 11.2. The summed E-state index contributed by atoms with van der Waals surface area (Å²) >= 11 is 0. The molecule has 0 saturated carbocycles. The molecule has 0 aliphatic heterocycles. The standard InChI is InChI=1S/C30H31N7O9/c1-2-43-29-31-25-11-7-10-24(28(38)39)26(25)35(29)18-20-12-14-21(15-13-20)22-8-3-4-9-23(22)27-32-34-36(33-27)19-45-30(40)44-16-5-6-17-46-37(41)42/h3-4,7-15,41-42H,2,5-6,16-19H2,1H3,(H,38,39). The summed E-state index contributed by atoms with van der Waals surface area (Å²) in [6.45, 7) is 2.35. The quantitative estimate of drug-likeness (QED) is 0.0833. The third-order valence-corrected chi connectivity index (χ3v) is 6.73. The van der Waals surface area contributed by atoms with E-state index in [0.717, 1.165) is 21.5 Å². The molecule has 0 fully saturated rings. The number of aromatic carboxylic acids is 1. The highest BCUT2D eigenvalue weighted by Crippen LogP contribution is 2.31. The van der Waals surface area contributed by atoms with Crippen molar-refractivity contribution in [3.05, 3.63) is 77.9 Å². The fraction of sp³-hybridized carbons (Fsp3) is 0.267. The Morgan fingerprint density at radius 3 is 2.41 bits per heavy atom. The molecule has 0 aliphatic rings. The summed E-state index contributed by atoms with van der Waals surface area (Å²) in [5.74, 6) is -0.719. The Kier molecular flexibility index (Phi) is 10.5. The maximum Gasteiger partial charge on any atom is 0.510 e. The van der Waals surface area contributed by atoms with Crippen molar-refractivity contribution in [3.8, 4) is 28.5 Å². The molecule has 3 aromatic carbocycles. The van der Waals surface area contributed by atoms with Crippen molar-refractivity contribution in [2.75, 3.05) is 19.8 Å². The fourth-order valence-corrected chi connectivity index (χ4v) is 4.69. The molecule has 0 radical (unpaired) electrons. The highest BCUT2D eigenvalue weighted by atomic mass is 17.1. The highest BCUT2D eigenvalue weighted by Gasteiger charge is 2.19. The first-order chi connectivity index (χ1) is 22.3. The van der Waals surface area contributed by atoms with E-state index in [-0.39, 0.29) is 30.9 Å². The lowest BCUT2D eigenvalue weighted by Crippen LogP contribution is -2.16. The van der Waals surface area contributed by atoms with Gasteiger partial charge in [0.2, 0.25) is 12.6 Å². The van der Waals surface area contributed by atoms with Gasteiger partial charge in [-0.1, -0.05) is 54.6 Å². The van der Waals surface area contributed by atoms with Crippen molar-refractivity contribution < 1.29 is 44.2 Å². The molecule has 0 unspecified atom stereocenters. The van der Waals surface area contributed by atoms with Crippen LogP contribution in [0, 0.1) is 0 Å². The van der Waals surface area contributed by atoms with Crippen LogP contribution in [0.3, 0.4) is 0 Å². The number of aromatic nitrogens is 6. The number of tetrazole rings is 1. The van der Waals surface area contributed by atoms with E-state index in [9.17, 15) is 14.7 Å². The fourth-order valence-electron chi connectivity index (χ4n) is 4.69. The molecule has 0 bridgehead atoms. The van der Waals surface area contributed by atoms with Gasteiger partial charge >= 0.3 is 12.1 Å². The minimum atomic E-state index is -1.04. The summed E-state index contributed by atoms with van der Waals surface area (Å²) < 4.78 is 17.5. The Morgan fingerprint density at radius 1 is 0.913 bits per heavy atom. The maximum absolute atomic E-state index is 11.9. The first-order valence-corrected chi connectivity index (χ1v) is 14.3. The van der Waals surface area contributed by atoms with Crippen LogP contribution in [0.2, 0.25) is 0 Å². The lowest BCUT2D eigenvalue weighted by Gasteiger charge is -2.12. The number of unbranched alkanes of at least 4 members (excludes halogenated alkanes) is 1. The van der Waals surface area contributed by atoms with Crippen molar-refractivity contribution in [2.45, 2.75) is 33.0 Å². The Bertz CT molecular complexity index is 1790. The molecule has 3 N–H and O–H groups in total. The Labute approximate surface area is 261 Å². The number of carbonyl (C=O) groups excluding carboxylic acids is 1. The van der Waals surface area contributed by atoms with Crippen molar-refractivity contribution in [1.82, 2.24) is 35.1 Å². The van der Waals surface area contributed by atoms with Gasteiger partial charge in [-0.2, -0.15) is 4.98 Å². The van der Waals surface area contributed by atoms with E-state index in [2.05, 4.69) is 25.2 Å². The second-order valence-electron chi connectivity index (χ2n) is 9.78. The molecule has 5 aromatic rings. The molecular weight excluding hydrogens is 602 g/mol. The van der Waals surface area contributed by atoms with Gasteiger partial charge in [0.05, 0.1) is 48.4 Å². The zero-order valence-electron chi connectivity index (χ0n) is 24.7. The SMILES string of the molecule is CCOc1nc2cccc(C(=O)O)c2n1Cc1ccc(-c2ccccc2-c2nnn(COC(=O)OCCCCON(O)O)n2)cc1. The number of imidazole rings is 1. The zero-order valence-corrected chi connectivity index (χ0v) is 24.7. The average molecular weight is 634 g/mol. The summed E-state index contributed by atoms with van der Waals surface area (Å²) in [5, 5.41) is 38.8. The van der Waals surface area contributed by atoms with Crippen molar-refractivity contribution in [2.24, 2.45) is 0 Å². The van der Waals surface area contributed by atoms with E-state index in [4.69, 9.17) is 24.6 Å². The number of benzene rings is 3. The molecule has 2 heterocycles. The molecule has 46 heavy (non-hydrogen) atoms. The van der Waals surface area contributed by atoms with Gasteiger partial charge in [-0.15, -0.1) is 15.0 Å². The second kappa shape index (κ2) is 15.0. The van der Waals surface area contributed by atoms with E-state index in [0.29, 0.717) is 54.4 Å². The summed E-state index contributed by atoms with van der Waals surface area (Å²) in [5.41, 5.74) is 4.53. The summed E-state index contributed by atoms with van der Waals surface area (Å²) in [7, 11) is 0. The van der Waals surface area contributed by atoms with Crippen LogP contribution in [0.1, 0.15) is 35.7 Å². The van der Waals surface area contributed by atoms with Crippen LogP contribution in [0.5, 0.6) is 6.01 Å². The van der Waals surface area contributed by atoms with E-state index >= 15 is 0 Å². The minimum Gasteiger partial charge on any atom is -0.478 e. The van der Waals surface area contributed by atoms with Crippen LogP contribution in [0.15, 0.2) is 66.7 Å². The number of fused-ring (bicyclic) bond motifs is 1. The number of ether oxygens (including phenoxy) is 3. The Balaban J connectivity index is 1.26. The monoisotopic (exact) mass is 633 g/mol. The average Bonchev–Trinajstić information content (AvgIpc) is 3.67. The van der Waals surface area contributed by atoms with E-state index in [1.165, 1.54) is 0 Å². The third kappa shape index (κ3) is 7.80. The van der Waals surface area contributed by atoms with Crippen LogP contribution >= 0.6 is 0 Å². The predicted molar refractivity (Wildman–Crippen MR) is 159 cm³/mol. The number of para-hydroxylation sites is 1. The molecule has 16 heteroatoms. The number of carboxylic acid groups (broad SMARTS) is 1. The molecule has 0 spiro atoms. The minimum absolute atomic E-state index is 0.0380. The Morgan fingerprint density at radius 2 is 1.67 bits per heavy atom. The summed E-state index contributed by atoms with van der Waals surface area (Å²) in [4.78, 5) is 33.9. The van der Waals surface area contributed by atoms with E-state index in [1.807, 2.05) is 55.5 Å². The number of nitrogens with zero attached hydrogens (tertiary/aromatic N) is 7. The predicted octanol–water partition coefficient (Wildman–Crippen LogP) is 4.40. The van der Waals surface area contributed by atoms with Gasteiger partial charge in [-0.3, -0.25) is 19.8 Å². The molecule has 5 rings (SSSR count). The van der Waals surface area contributed by atoms with Gasteiger partial charge in [0.25, 0.3) is 6.01 Å². The van der Waals surface area contributed by atoms with Crippen LogP contribution in [0.25, 0.3) is 33.5 Å². The van der Waals surface area contributed by atoms with Crippen molar-refractivity contribution in [3.63, 3.8) is 0 Å². The maximum atomic E-state index is 11.9. The van der Waals surface area contributed by atoms with Gasteiger partial charge in [-0.05, 0) is 53.8 Å². The van der Waals surface area contributed by atoms with Gasteiger partial charge < -0.3 is 19.3 Å². The molecule has 2 aromatic heterocycles. The van der Waals surface area contributed by atoms with Crippen LogP contribution in [-0.4, -0.2) is 82.6 Å². The molecule has 0 atom stereocenters. The number of hydrogen-bond acceptors (Lipinski definition) is 13. The van der Waals surface area contributed by atoms with E-state index in [1.54, 1.807) is 22.8 Å². The number of hydrogen-bond donors (Lipinski definition) is 3. The van der Waals surface area contributed by atoms with Crippen LogP contribution in [0.4, 0.5) is 4.79 Å². The molecule has 0 amide bonds. The zero-order chi connectivity index (χ0) is 32.5. The molecule has 16 nitrogen and oxygen atoms in total. The number of carboxylic acids is 1. The molecule has 0 saturated heterocycles. The Hall–Kier alpha value is -5.42. The smallest absolute Gasteiger partial charge is 0.478 e. The summed E-state index contributed by atoms with van der Waals surface area (Å²) in [6.07, 6.45) is -0.0690. The number of carbonyl (C=O) groups is 2. The topological polar surface area (TPSA) is 196 Å². The first kappa shape index (κ1) is 32.0. The lowest BCUT2D eigenvalue weighted by atomic mass is 9.98.